The molecule has 0 aliphatic carbocycles. The molecule has 0 fully saturated rings. The highest BCUT2D eigenvalue weighted by Crippen LogP contribution is 2.32. The van der Waals surface area contributed by atoms with Crippen LogP contribution in [0.5, 0.6) is 0 Å². The zero-order valence-electron chi connectivity index (χ0n) is 16.9. The Bertz CT molecular complexity index is 960. The molecule has 0 radical (unpaired) electrons. The molecule has 0 unspecified atom stereocenters. The molecule has 0 saturated heterocycles. The van der Waals surface area contributed by atoms with Gasteiger partial charge in [-0.2, -0.15) is 0 Å². The van der Waals surface area contributed by atoms with E-state index in [0.29, 0.717) is 10.4 Å². The normalized spacial score (nSPS) is 11.5. The average Bonchev–Trinajstić information content (AvgIpc) is 2.71. The second-order valence-corrected chi connectivity index (χ2v) is 9.23. The zero-order valence-corrected chi connectivity index (χ0v) is 18.5. The van der Waals surface area contributed by atoms with Gasteiger partial charge in [0.25, 0.3) is 0 Å². The molecule has 0 aliphatic rings. The molecule has 1 aromatic heterocycles. The number of aryl methyl sites for hydroxylation is 1. The molecule has 1 heterocycles. The third-order valence-corrected chi connectivity index (χ3v) is 7.13. The van der Waals surface area contributed by atoms with Crippen LogP contribution < -0.4 is 5.43 Å². The maximum Gasteiger partial charge on any atom is 0.197 e. The lowest BCUT2D eigenvalue weighted by Crippen LogP contribution is -2.03. The molecule has 3 rings (SSSR count). The molecule has 3 aromatic rings. The van der Waals surface area contributed by atoms with Crippen molar-refractivity contribution in [1.82, 2.24) is 0 Å². The highest BCUT2D eigenvalue weighted by atomic mass is 35.5. The smallest absolute Gasteiger partial charge is 0.197 e. The lowest BCUT2D eigenvalue weighted by Gasteiger charge is -2.08. The van der Waals surface area contributed by atoms with Crippen LogP contribution in [0.25, 0.3) is 20.2 Å². The van der Waals surface area contributed by atoms with Crippen molar-refractivity contribution in [2.75, 3.05) is 0 Å². The third kappa shape index (κ3) is 5.36. The predicted molar refractivity (Wildman–Crippen MR) is 126 cm³/mol. The summed E-state index contributed by atoms with van der Waals surface area (Å²) in [4.78, 5) is 12.9. The predicted octanol–water partition coefficient (Wildman–Crippen LogP) is 8.53. The minimum absolute atomic E-state index is 0.0688. The fourth-order valence-electron chi connectivity index (χ4n) is 3.89. The highest BCUT2D eigenvalue weighted by Gasteiger charge is 2.12. The van der Waals surface area contributed by atoms with Crippen molar-refractivity contribution in [3.63, 3.8) is 0 Å². The van der Waals surface area contributed by atoms with Gasteiger partial charge in [0, 0.05) is 14.8 Å². The Labute approximate surface area is 177 Å². The van der Waals surface area contributed by atoms with Gasteiger partial charge in [0.05, 0.1) is 10.4 Å². The summed E-state index contributed by atoms with van der Waals surface area (Å²) in [6.45, 7) is 2.27. The lowest BCUT2D eigenvalue weighted by atomic mass is 10.0. The Morgan fingerprint density at radius 1 is 0.786 bits per heavy atom. The third-order valence-electron chi connectivity index (χ3n) is 5.56. The molecule has 1 nitrogen and oxygen atoms in total. The fourth-order valence-corrected chi connectivity index (χ4v) is 5.38. The van der Waals surface area contributed by atoms with Gasteiger partial charge in [-0.15, -0.1) is 11.3 Å². The minimum Gasteiger partial charge on any atom is -0.288 e. The Morgan fingerprint density at radius 2 is 1.43 bits per heavy atom. The fraction of sp³-hybridized carbons (Fsp3) is 0.480. The van der Waals surface area contributed by atoms with Gasteiger partial charge in [-0.05, 0) is 36.6 Å². The van der Waals surface area contributed by atoms with E-state index < -0.39 is 0 Å². The monoisotopic (exact) mass is 414 g/mol. The lowest BCUT2D eigenvalue weighted by molar-refractivity contribution is 0.556. The van der Waals surface area contributed by atoms with Crippen LogP contribution in [0, 0.1) is 0 Å². The van der Waals surface area contributed by atoms with E-state index in [2.05, 4.69) is 19.1 Å². The first-order chi connectivity index (χ1) is 13.7. The van der Waals surface area contributed by atoms with Crippen LogP contribution in [0.1, 0.15) is 76.7 Å². The number of hydrogen-bond donors (Lipinski definition) is 0. The molecular weight excluding hydrogens is 384 g/mol. The standard InChI is InChI=1S/C25H31ClOS/c1-2-3-4-5-6-7-8-9-10-11-14-19-17-18-22-23(24(19)26)25(27)20-15-12-13-16-21(20)28-22/h12-13,15-18H,2-11,14H2,1H3. The van der Waals surface area contributed by atoms with Gasteiger partial charge in [0.2, 0.25) is 0 Å². The summed E-state index contributed by atoms with van der Waals surface area (Å²) < 4.78 is 2.01. The summed E-state index contributed by atoms with van der Waals surface area (Å²) in [5, 5.41) is 2.15. The van der Waals surface area contributed by atoms with Crippen molar-refractivity contribution in [3.05, 3.63) is 57.2 Å². The van der Waals surface area contributed by atoms with Crippen LogP contribution >= 0.6 is 22.9 Å². The van der Waals surface area contributed by atoms with Gasteiger partial charge in [0.1, 0.15) is 0 Å². The van der Waals surface area contributed by atoms with Gasteiger partial charge in [-0.3, -0.25) is 4.79 Å². The van der Waals surface area contributed by atoms with E-state index in [0.717, 1.165) is 33.2 Å². The van der Waals surface area contributed by atoms with Crippen LogP contribution in [-0.4, -0.2) is 0 Å². The Balaban J connectivity index is 1.54. The second-order valence-electron chi connectivity index (χ2n) is 7.77. The van der Waals surface area contributed by atoms with Crippen molar-refractivity contribution in [3.8, 4) is 0 Å². The van der Waals surface area contributed by atoms with Gasteiger partial charge in [-0.25, -0.2) is 0 Å². The first kappa shape index (κ1) is 21.3. The van der Waals surface area contributed by atoms with Gasteiger partial charge in [0.15, 0.2) is 5.43 Å². The number of halogens is 1. The van der Waals surface area contributed by atoms with E-state index in [4.69, 9.17) is 11.6 Å². The quantitative estimate of drug-likeness (QED) is 0.227. The van der Waals surface area contributed by atoms with Crippen molar-refractivity contribution >= 4 is 43.1 Å². The first-order valence-electron chi connectivity index (χ1n) is 10.9. The molecule has 0 spiro atoms. The van der Waals surface area contributed by atoms with Crippen molar-refractivity contribution in [2.24, 2.45) is 0 Å². The number of rotatable bonds is 11. The number of unbranched alkanes of at least 4 members (excludes halogenated alkanes) is 9. The van der Waals surface area contributed by atoms with Gasteiger partial charge >= 0.3 is 0 Å². The van der Waals surface area contributed by atoms with Crippen molar-refractivity contribution in [1.29, 1.82) is 0 Å². The molecule has 28 heavy (non-hydrogen) atoms. The summed E-state index contributed by atoms with van der Waals surface area (Å²) >= 11 is 8.33. The van der Waals surface area contributed by atoms with E-state index in [-0.39, 0.29) is 5.43 Å². The number of benzene rings is 2. The molecular formula is C25H31ClOS. The number of hydrogen-bond acceptors (Lipinski definition) is 2. The maximum atomic E-state index is 12.9. The van der Waals surface area contributed by atoms with Gasteiger partial charge < -0.3 is 0 Å². The van der Waals surface area contributed by atoms with Crippen molar-refractivity contribution < 1.29 is 0 Å². The largest absolute Gasteiger partial charge is 0.288 e. The van der Waals surface area contributed by atoms with Crippen LogP contribution in [0.4, 0.5) is 0 Å². The summed E-state index contributed by atoms with van der Waals surface area (Å²) in [7, 11) is 0. The van der Waals surface area contributed by atoms with E-state index >= 15 is 0 Å². The van der Waals surface area contributed by atoms with E-state index in [1.165, 1.54) is 57.8 Å². The molecule has 0 amide bonds. The molecule has 0 atom stereocenters. The van der Waals surface area contributed by atoms with E-state index in [9.17, 15) is 4.79 Å². The summed E-state index contributed by atoms with van der Waals surface area (Å²) in [5.41, 5.74) is 1.19. The summed E-state index contributed by atoms with van der Waals surface area (Å²) in [5.74, 6) is 0. The Morgan fingerprint density at radius 3 is 2.14 bits per heavy atom. The second kappa shape index (κ2) is 11.0. The molecule has 2 aromatic carbocycles. The zero-order chi connectivity index (χ0) is 19.8. The molecule has 0 N–H and O–H groups in total. The van der Waals surface area contributed by atoms with E-state index in [1.54, 1.807) is 11.3 Å². The Hall–Kier alpha value is -1.38. The van der Waals surface area contributed by atoms with Crippen LogP contribution in [0.15, 0.2) is 41.2 Å². The Kier molecular flexibility index (Phi) is 8.36. The molecule has 0 saturated carbocycles. The van der Waals surface area contributed by atoms with Crippen LogP contribution in [0.3, 0.4) is 0 Å². The molecule has 0 bridgehead atoms. The van der Waals surface area contributed by atoms with Crippen LogP contribution in [-0.2, 0) is 6.42 Å². The van der Waals surface area contributed by atoms with Crippen molar-refractivity contribution in [2.45, 2.75) is 77.6 Å². The topological polar surface area (TPSA) is 17.1 Å². The molecule has 150 valence electrons. The highest BCUT2D eigenvalue weighted by molar-refractivity contribution is 7.24. The van der Waals surface area contributed by atoms with Gasteiger partial charge in [-0.1, -0.05) is 94.5 Å². The minimum atomic E-state index is 0.0688. The molecule has 3 heteroatoms. The first-order valence-corrected chi connectivity index (χ1v) is 12.0. The molecule has 0 aliphatic heterocycles. The number of fused-ring (bicyclic) bond motifs is 2. The van der Waals surface area contributed by atoms with Crippen LogP contribution in [0.2, 0.25) is 5.02 Å². The summed E-state index contributed by atoms with van der Waals surface area (Å²) in [6.07, 6.45) is 14.3. The summed E-state index contributed by atoms with van der Waals surface area (Å²) in [6, 6.07) is 12.0. The SMILES string of the molecule is CCCCCCCCCCCCc1ccc2sc3ccccc3c(=O)c2c1Cl. The van der Waals surface area contributed by atoms with E-state index in [1.807, 2.05) is 24.3 Å². The maximum absolute atomic E-state index is 12.9. The average molecular weight is 415 g/mol.